The summed E-state index contributed by atoms with van der Waals surface area (Å²) < 4.78 is 0. The minimum Gasteiger partial charge on any atom is -0.481 e. The van der Waals surface area contributed by atoms with Crippen LogP contribution in [-0.2, 0) is 4.79 Å². The van der Waals surface area contributed by atoms with Crippen molar-refractivity contribution in [3.8, 4) is 0 Å². The number of carboxylic acids is 1. The highest BCUT2D eigenvalue weighted by Crippen LogP contribution is 1.93. The van der Waals surface area contributed by atoms with E-state index in [1.165, 1.54) is 19.3 Å². The topological polar surface area (TPSA) is 72.8 Å². The van der Waals surface area contributed by atoms with E-state index < -0.39 is 5.97 Å². The summed E-state index contributed by atoms with van der Waals surface area (Å²) in [6, 6.07) is 0. The van der Waals surface area contributed by atoms with Gasteiger partial charge in [-0.15, -0.1) is 0 Å². The number of aliphatic carboxylic acids is 1. The maximum Gasteiger partial charge on any atom is 0.304 e. The van der Waals surface area contributed by atoms with Crippen molar-refractivity contribution in [2.45, 2.75) is 32.6 Å². The van der Waals surface area contributed by atoms with Crippen LogP contribution in [0.5, 0.6) is 0 Å². The highest BCUT2D eigenvalue weighted by atomic mass is 16.4. The molecule has 0 aliphatic rings. The zero-order valence-corrected chi connectivity index (χ0v) is 10.8. The Labute approximate surface area is 104 Å². The zero-order valence-electron chi connectivity index (χ0n) is 10.8. The number of nitrogens with one attached hydrogen (secondary N) is 1. The molecule has 0 aromatic rings. The maximum atomic E-state index is 10.5. The minimum atomic E-state index is -0.788. The average Bonchev–Trinajstić information content (AvgIpc) is 2.30. The molecule has 0 bridgehead atoms. The molecular formula is C12H26N2O3. The van der Waals surface area contributed by atoms with Crippen molar-refractivity contribution in [1.29, 1.82) is 0 Å². The Kier molecular flexibility index (Phi) is 11.4. The molecule has 0 aromatic heterocycles. The lowest BCUT2D eigenvalue weighted by Gasteiger charge is -2.20. The van der Waals surface area contributed by atoms with E-state index in [0.717, 1.165) is 19.6 Å². The lowest BCUT2D eigenvalue weighted by Crippen LogP contribution is -2.35. The highest BCUT2D eigenvalue weighted by molar-refractivity contribution is 5.66. The summed E-state index contributed by atoms with van der Waals surface area (Å²) >= 11 is 0. The third-order valence-electron chi connectivity index (χ3n) is 2.62. The second-order valence-corrected chi connectivity index (χ2v) is 4.17. The van der Waals surface area contributed by atoms with Crippen LogP contribution in [0.15, 0.2) is 0 Å². The second kappa shape index (κ2) is 11.8. The van der Waals surface area contributed by atoms with E-state index in [9.17, 15) is 4.79 Å². The molecular weight excluding hydrogens is 220 g/mol. The number of unbranched alkanes of at least 4 members (excludes halogenated alkanes) is 2. The summed E-state index contributed by atoms with van der Waals surface area (Å²) in [6.45, 7) is 5.96. The average molecular weight is 246 g/mol. The van der Waals surface area contributed by atoms with Gasteiger partial charge in [-0.05, 0) is 13.0 Å². The molecule has 0 rings (SSSR count). The van der Waals surface area contributed by atoms with Gasteiger partial charge in [0.2, 0.25) is 0 Å². The van der Waals surface area contributed by atoms with Crippen molar-refractivity contribution in [3.63, 3.8) is 0 Å². The third kappa shape index (κ3) is 11.6. The van der Waals surface area contributed by atoms with Crippen LogP contribution in [0, 0.1) is 0 Å². The molecule has 0 saturated carbocycles. The predicted molar refractivity (Wildman–Crippen MR) is 68.2 cm³/mol. The van der Waals surface area contributed by atoms with Crippen LogP contribution in [0.4, 0.5) is 0 Å². The number of carboxylic acid groups (broad SMARTS) is 1. The predicted octanol–water partition coefficient (Wildman–Crippen LogP) is 0.535. The monoisotopic (exact) mass is 246 g/mol. The van der Waals surface area contributed by atoms with Crippen molar-refractivity contribution in [2.75, 3.05) is 39.3 Å². The summed E-state index contributed by atoms with van der Waals surface area (Å²) in [5.74, 6) is -0.788. The van der Waals surface area contributed by atoms with Crippen molar-refractivity contribution >= 4 is 5.97 Å². The summed E-state index contributed by atoms with van der Waals surface area (Å²) in [6.07, 6.45) is 3.78. The van der Waals surface area contributed by atoms with Crippen LogP contribution in [0.2, 0.25) is 0 Å². The molecule has 0 aliphatic carbocycles. The molecule has 0 fully saturated rings. The quantitative estimate of drug-likeness (QED) is 0.438. The largest absolute Gasteiger partial charge is 0.481 e. The Bertz CT molecular complexity index is 189. The number of carbonyl (C=O) groups is 1. The van der Waals surface area contributed by atoms with Crippen LogP contribution >= 0.6 is 0 Å². The Morgan fingerprint density at radius 3 is 2.53 bits per heavy atom. The van der Waals surface area contributed by atoms with Gasteiger partial charge in [0.05, 0.1) is 13.0 Å². The molecule has 0 radical (unpaired) electrons. The highest BCUT2D eigenvalue weighted by Gasteiger charge is 2.06. The lowest BCUT2D eigenvalue weighted by atomic mass is 10.2. The Morgan fingerprint density at radius 2 is 1.94 bits per heavy atom. The van der Waals surface area contributed by atoms with Crippen molar-refractivity contribution in [2.24, 2.45) is 0 Å². The third-order valence-corrected chi connectivity index (χ3v) is 2.62. The molecule has 0 unspecified atom stereocenters. The molecule has 0 aromatic carbocycles. The van der Waals surface area contributed by atoms with Crippen molar-refractivity contribution in [1.82, 2.24) is 10.2 Å². The van der Waals surface area contributed by atoms with Crippen LogP contribution < -0.4 is 5.32 Å². The Balaban J connectivity index is 3.51. The fraction of sp³-hybridized carbons (Fsp3) is 0.917. The van der Waals surface area contributed by atoms with E-state index in [1.54, 1.807) is 0 Å². The standard InChI is InChI=1S/C12H26N2O3/c1-2-3-4-6-13-7-9-14(10-11-15)8-5-12(16)17/h13,15H,2-11H2,1H3,(H,16,17). The summed E-state index contributed by atoms with van der Waals surface area (Å²) in [7, 11) is 0. The molecule has 3 N–H and O–H groups in total. The number of rotatable bonds is 12. The summed E-state index contributed by atoms with van der Waals surface area (Å²) in [4.78, 5) is 12.4. The van der Waals surface area contributed by atoms with Gasteiger partial charge in [0.15, 0.2) is 0 Å². The molecule has 0 heterocycles. The number of hydrogen-bond donors (Lipinski definition) is 3. The number of aliphatic hydroxyl groups excluding tert-OH is 1. The first-order valence-electron chi connectivity index (χ1n) is 6.46. The SMILES string of the molecule is CCCCCNCCN(CCO)CCC(=O)O. The van der Waals surface area contributed by atoms with Crippen LogP contribution in [0.25, 0.3) is 0 Å². The molecule has 5 heteroatoms. The van der Waals surface area contributed by atoms with Crippen molar-refractivity contribution in [3.05, 3.63) is 0 Å². The molecule has 0 atom stereocenters. The fourth-order valence-corrected chi connectivity index (χ4v) is 1.59. The fourth-order valence-electron chi connectivity index (χ4n) is 1.59. The number of aliphatic hydroxyl groups is 1. The lowest BCUT2D eigenvalue weighted by molar-refractivity contribution is -0.137. The van der Waals surface area contributed by atoms with Gasteiger partial charge in [-0.25, -0.2) is 0 Å². The maximum absolute atomic E-state index is 10.5. The zero-order chi connectivity index (χ0) is 12.9. The smallest absolute Gasteiger partial charge is 0.304 e. The van der Waals surface area contributed by atoms with E-state index in [0.29, 0.717) is 13.1 Å². The van der Waals surface area contributed by atoms with Gasteiger partial charge in [-0.1, -0.05) is 19.8 Å². The first-order chi connectivity index (χ1) is 8.20. The molecule has 5 nitrogen and oxygen atoms in total. The molecule has 0 saturated heterocycles. The van der Waals surface area contributed by atoms with Crippen LogP contribution in [0.3, 0.4) is 0 Å². The molecule has 17 heavy (non-hydrogen) atoms. The van der Waals surface area contributed by atoms with Gasteiger partial charge < -0.3 is 15.5 Å². The van der Waals surface area contributed by atoms with Crippen LogP contribution in [0.1, 0.15) is 32.6 Å². The Morgan fingerprint density at radius 1 is 1.18 bits per heavy atom. The summed E-state index contributed by atoms with van der Waals surface area (Å²) in [5, 5.41) is 20.8. The van der Waals surface area contributed by atoms with E-state index in [4.69, 9.17) is 10.2 Å². The van der Waals surface area contributed by atoms with Gasteiger partial charge in [0, 0.05) is 26.2 Å². The molecule has 0 spiro atoms. The van der Waals surface area contributed by atoms with E-state index >= 15 is 0 Å². The van der Waals surface area contributed by atoms with E-state index in [1.807, 2.05) is 4.90 Å². The first-order valence-corrected chi connectivity index (χ1v) is 6.46. The van der Waals surface area contributed by atoms with Gasteiger partial charge in [0.25, 0.3) is 0 Å². The van der Waals surface area contributed by atoms with Gasteiger partial charge in [-0.3, -0.25) is 9.69 Å². The second-order valence-electron chi connectivity index (χ2n) is 4.17. The minimum absolute atomic E-state index is 0.0788. The molecule has 102 valence electrons. The van der Waals surface area contributed by atoms with Gasteiger partial charge in [0.1, 0.15) is 0 Å². The van der Waals surface area contributed by atoms with Crippen molar-refractivity contribution < 1.29 is 15.0 Å². The molecule has 0 aliphatic heterocycles. The van der Waals surface area contributed by atoms with Gasteiger partial charge in [-0.2, -0.15) is 0 Å². The summed E-state index contributed by atoms with van der Waals surface area (Å²) in [5.41, 5.74) is 0. The number of hydrogen-bond acceptors (Lipinski definition) is 4. The van der Waals surface area contributed by atoms with Gasteiger partial charge >= 0.3 is 5.97 Å². The first kappa shape index (κ1) is 16.4. The normalized spacial score (nSPS) is 11.0. The van der Waals surface area contributed by atoms with E-state index in [-0.39, 0.29) is 13.0 Å². The van der Waals surface area contributed by atoms with Crippen LogP contribution in [-0.4, -0.2) is 60.4 Å². The van der Waals surface area contributed by atoms with E-state index in [2.05, 4.69) is 12.2 Å². The number of nitrogens with zero attached hydrogens (tertiary/aromatic N) is 1. The Hall–Kier alpha value is -0.650. The molecule has 0 amide bonds.